The molecule has 1 N–H and O–H groups in total. The van der Waals surface area contributed by atoms with E-state index in [1.54, 1.807) is 24.3 Å². The van der Waals surface area contributed by atoms with Gasteiger partial charge in [-0.15, -0.1) is 5.10 Å². The second-order valence-electron chi connectivity index (χ2n) is 11.1. The maximum Gasteiger partial charge on any atom is 0.339 e. The molecule has 2 aliphatic heterocycles. The van der Waals surface area contributed by atoms with E-state index >= 15 is 0 Å². The number of rotatable bonds is 9. The lowest BCUT2D eigenvalue weighted by molar-refractivity contribution is 0.0139. The summed E-state index contributed by atoms with van der Waals surface area (Å²) in [5.74, 6) is 0.658. The van der Waals surface area contributed by atoms with Crippen LogP contribution in [0.5, 0.6) is 5.75 Å². The Balaban J connectivity index is 1.07. The summed E-state index contributed by atoms with van der Waals surface area (Å²) in [6, 6.07) is 11.0. The van der Waals surface area contributed by atoms with Crippen LogP contribution in [0.25, 0.3) is 22.7 Å². The Hall–Kier alpha value is -3.60. The lowest BCUT2D eigenvalue weighted by Crippen LogP contribution is -2.45. The number of nitrogens with zero attached hydrogens (tertiary/aromatic N) is 4. The molecule has 2 aromatic carbocycles. The van der Waals surface area contributed by atoms with Gasteiger partial charge in [-0.2, -0.15) is 0 Å². The molecule has 2 bridgehead atoms. The van der Waals surface area contributed by atoms with E-state index < -0.39 is 5.97 Å². The van der Waals surface area contributed by atoms with Crippen LogP contribution < -0.4 is 9.64 Å². The number of fused-ring (bicyclic) bond motifs is 2. The minimum atomic E-state index is -1.09. The first-order valence-electron chi connectivity index (χ1n) is 14.0. The zero-order chi connectivity index (χ0) is 29.0. The monoisotopic (exact) mass is 610 g/mol. The number of hydrogen-bond donors (Lipinski definition) is 1. The van der Waals surface area contributed by atoms with Crippen molar-refractivity contribution >= 4 is 35.2 Å². The number of carboxylic acids is 1. The van der Waals surface area contributed by atoms with Gasteiger partial charge in [-0.25, -0.2) is 4.79 Å². The van der Waals surface area contributed by atoms with Crippen molar-refractivity contribution in [1.82, 2.24) is 15.4 Å². The number of carboxylic acid groups (broad SMARTS) is 1. The highest BCUT2D eigenvalue weighted by atomic mass is 35.5. The summed E-state index contributed by atoms with van der Waals surface area (Å²) >= 11 is 13.0. The summed E-state index contributed by atoms with van der Waals surface area (Å²) in [5.41, 5.74) is 2.79. The molecular weight excluding hydrogens is 583 g/mol. The Morgan fingerprint density at radius 2 is 1.81 bits per heavy atom. The highest BCUT2D eigenvalue weighted by Crippen LogP contribution is 2.47. The minimum absolute atomic E-state index is 0.0328. The lowest BCUT2D eigenvalue weighted by Gasteiger charge is -2.37. The second-order valence-corrected chi connectivity index (χ2v) is 11.9. The molecule has 10 nitrogen and oxygen atoms in total. The summed E-state index contributed by atoms with van der Waals surface area (Å²) in [6.45, 7) is 0.365. The third-order valence-corrected chi connectivity index (χ3v) is 9.06. The van der Waals surface area contributed by atoms with E-state index in [1.165, 1.54) is 13.2 Å². The Morgan fingerprint density at radius 3 is 2.48 bits per heavy atom. The molecule has 2 unspecified atom stereocenters. The lowest BCUT2D eigenvalue weighted by atomic mass is 10.00. The van der Waals surface area contributed by atoms with Crippen LogP contribution in [0.2, 0.25) is 10.0 Å². The maximum atomic E-state index is 11.7. The number of aromatic carboxylic acids is 1. The van der Waals surface area contributed by atoms with Crippen LogP contribution in [0, 0.1) is 0 Å². The Morgan fingerprint density at radius 1 is 1.07 bits per heavy atom. The quantitative estimate of drug-likeness (QED) is 0.212. The molecule has 2 aromatic heterocycles. The number of carbonyl (C=O) groups is 1. The first-order valence-corrected chi connectivity index (χ1v) is 14.7. The van der Waals surface area contributed by atoms with Crippen molar-refractivity contribution in [1.29, 1.82) is 0 Å². The van der Waals surface area contributed by atoms with Crippen molar-refractivity contribution in [3.8, 4) is 28.5 Å². The van der Waals surface area contributed by atoms with Crippen LogP contribution in [0.3, 0.4) is 0 Å². The Kier molecular flexibility index (Phi) is 7.08. The van der Waals surface area contributed by atoms with Crippen molar-refractivity contribution in [3.05, 3.63) is 63.3 Å². The standard InChI is InChI=1S/C30H28Cl2N4O6/c1-39-24-10-7-16(11-20(24)29(37)38)28-33-34-30(41-28)36-17-8-9-18(36)13-19(12-17)40-14-21-26(35-42-27(21)15-5-6-15)25-22(31)3-2-4-23(25)32/h2-4,7,10-11,15,17-19H,5-6,8-9,12-14H2,1H3,(H,37,38). The van der Waals surface area contributed by atoms with Crippen molar-refractivity contribution < 1.29 is 28.3 Å². The van der Waals surface area contributed by atoms with Crippen LogP contribution in [0.15, 0.2) is 45.3 Å². The summed E-state index contributed by atoms with van der Waals surface area (Å²) in [6.07, 6.45) is 5.79. The number of aromatic nitrogens is 3. The molecule has 2 saturated heterocycles. The molecule has 4 heterocycles. The first-order chi connectivity index (χ1) is 20.4. The van der Waals surface area contributed by atoms with E-state index in [9.17, 15) is 9.90 Å². The highest BCUT2D eigenvalue weighted by Gasteiger charge is 2.44. The fourth-order valence-electron chi connectivity index (χ4n) is 6.27. The van der Waals surface area contributed by atoms with Gasteiger partial charge >= 0.3 is 12.0 Å². The molecule has 4 aromatic rings. The molecule has 0 radical (unpaired) electrons. The summed E-state index contributed by atoms with van der Waals surface area (Å²) in [4.78, 5) is 13.9. The SMILES string of the molecule is COc1ccc(-c2nnc(N3C4CCC3CC(OCc3c(-c5c(Cl)cccc5Cl)noc3C3CC3)C4)o2)cc1C(=O)O. The van der Waals surface area contributed by atoms with Gasteiger partial charge in [0.2, 0.25) is 5.89 Å². The fourth-order valence-corrected chi connectivity index (χ4v) is 6.85. The first kappa shape index (κ1) is 27.2. The van der Waals surface area contributed by atoms with Crippen LogP contribution >= 0.6 is 23.2 Å². The van der Waals surface area contributed by atoms with Gasteiger partial charge in [-0.3, -0.25) is 0 Å². The van der Waals surface area contributed by atoms with Crippen LogP contribution in [-0.2, 0) is 11.3 Å². The van der Waals surface area contributed by atoms with Gasteiger partial charge in [0.25, 0.3) is 0 Å². The predicted molar refractivity (Wildman–Crippen MR) is 154 cm³/mol. The molecule has 0 amide bonds. The predicted octanol–water partition coefficient (Wildman–Crippen LogP) is 7.00. The van der Waals surface area contributed by atoms with E-state index in [0.717, 1.165) is 49.8 Å². The molecule has 3 aliphatic rings. The second kappa shape index (κ2) is 10.9. The molecule has 3 fully saturated rings. The topological polar surface area (TPSA) is 124 Å². The van der Waals surface area contributed by atoms with Crippen LogP contribution in [-0.4, -0.2) is 51.7 Å². The Bertz CT molecular complexity index is 1620. The molecular formula is C30H28Cl2N4O6. The summed E-state index contributed by atoms with van der Waals surface area (Å²) < 4.78 is 23.6. The fraction of sp³-hybridized carbons (Fsp3) is 0.400. The molecule has 42 heavy (non-hydrogen) atoms. The Labute approximate surface area is 251 Å². The van der Waals surface area contributed by atoms with Crippen molar-refractivity contribution in [2.24, 2.45) is 0 Å². The summed E-state index contributed by atoms with van der Waals surface area (Å²) in [7, 11) is 1.43. The number of methoxy groups -OCH3 is 1. The number of ether oxygens (including phenoxy) is 2. The molecule has 1 saturated carbocycles. The van der Waals surface area contributed by atoms with Crippen molar-refractivity contribution in [2.75, 3.05) is 12.0 Å². The third kappa shape index (κ3) is 4.91. The number of anilines is 1. The average molecular weight is 611 g/mol. The highest BCUT2D eigenvalue weighted by molar-refractivity contribution is 6.39. The van der Waals surface area contributed by atoms with E-state index in [1.807, 2.05) is 6.07 Å². The maximum absolute atomic E-state index is 11.7. The molecule has 12 heteroatoms. The number of benzene rings is 2. The normalized spacial score (nSPS) is 21.6. The van der Waals surface area contributed by atoms with Gasteiger partial charge in [0.1, 0.15) is 22.8 Å². The summed E-state index contributed by atoms with van der Waals surface area (Å²) in [5, 5.41) is 23.5. The van der Waals surface area contributed by atoms with Gasteiger partial charge in [0.15, 0.2) is 0 Å². The zero-order valence-corrected chi connectivity index (χ0v) is 24.3. The molecule has 0 spiro atoms. The molecule has 2 atom stereocenters. The largest absolute Gasteiger partial charge is 0.496 e. The average Bonchev–Trinajstić information content (AvgIpc) is 3.45. The zero-order valence-electron chi connectivity index (χ0n) is 22.8. The van der Waals surface area contributed by atoms with E-state index in [-0.39, 0.29) is 35.4 Å². The van der Waals surface area contributed by atoms with Crippen LogP contribution in [0.4, 0.5) is 6.01 Å². The molecule has 1 aliphatic carbocycles. The number of hydrogen-bond acceptors (Lipinski definition) is 9. The van der Waals surface area contributed by atoms with Gasteiger partial charge in [0.05, 0.1) is 29.9 Å². The van der Waals surface area contributed by atoms with E-state index in [2.05, 4.69) is 20.3 Å². The van der Waals surface area contributed by atoms with Crippen LogP contribution in [0.1, 0.15) is 66.1 Å². The van der Waals surface area contributed by atoms with Gasteiger partial charge in [-0.05, 0) is 68.9 Å². The van der Waals surface area contributed by atoms with Gasteiger partial charge < -0.3 is 28.4 Å². The molecule has 7 rings (SSSR count). The van der Waals surface area contributed by atoms with E-state index in [4.69, 9.17) is 41.6 Å². The van der Waals surface area contributed by atoms with Crippen molar-refractivity contribution in [3.63, 3.8) is 0 Å². The van der Waals surface area contributed by atoms with Gasteiger partial charge in [-0.1, -0.05) is 39.5 Å². The van der Waals surface area contributed by atoms with Gasteiger partial charge in [0, 0.05) is 34.7 Å². The third-order valence-electron chi connectivity index (χ3n) is 8.43. The minimum Gasteiger partial charge on any atom is -0.496 e. The van der Waals surface area contributed by atoms with E-state index in [0.29, 0.717) is 45.4 Å². The van der Waals surface area contributed by atoms with Crippen molar-refractivity contribution in [2.45, 2.75) is 69.2 Å². The number of piperidine rings is 1. The smallest absolute Gasteiger partial charge is 0.339 e. The molecule has 218 valence electrons. The number of halogens is 2.